The van der Waals surface area contributed by atoms with Gasteiger partial charge in [-0.05, 0) is 61.7 Å². The van der Waals surface area contributed by atoms with Crippen LogP contribution in [0.1, 0.15) is 32.1 Å². The van der Waals surface area contributed by atoms with E-state index in [4.69, 9.17) is 5.11 Å². The molecule has 3 aliphatic rings. The van der Waals surface area contributed by atoms with Crippen LogP contribution in [-0.4, -0.2) is 11.7 Å². The minimum Gasteiger partial charge on any atom is -0.396 e. The molecule has 0 aromatic heterocycles. The molecule has 0 heterocycles. The molecule has 3 rings (SSSR count). The van der Waals surface area contributed by atoms with Gasteiger partial charge in [0.05, 0.1) is 0 Å². The normalized spacial score (nSPS) is 56.2. The summed E-state index contributed by atoms with van der Waals surface area (Å²) in [5.74, 6) is 4.86. The molecular weight excluding hydrogens is 148 g/mol. The summed E-state index contributed by atoms with van der Waals surface area (Å²) in [6.07, 6.45) is 7.24. The van der Waals surface area contributed by atoms with Crippen LogP contribution < -0.4 is 0 Å². The van der Waals surface area contributed by atoms with Gasteiger partial charge in [-0.1, -0.05) is 0 Å². The summed E-state index contributed by atoms with van der Waals surface area (Å²) >= 11 is 0. The standard InChI is InChI=1S/C11H18O/c12-6-7-3-10-8-1-2-9(5-8)11(10)4-7/h7-12H,1-6H2/t7?,8-,9+,10-,11-/m0/s1. The van der Waals surface area contributed by atoms with Crippen LogP contribution in [0.4, 0.5) is 0 Å². The molecule has 2 bridgehead atoms. The minimum atomic E-state index is 0.451. The van der Waals surface area contributed by atoms with Gasteiger partial charge in [0.1, 0.15) is 0 Å². The van der Waals surface area contributed by atoms with E-state index < -0.39 is 0 Å². The van der Waals surface area contributed by atoms with Crippen molar-refractivity contribution in [2.75, 3.05) is 6.61 Å². The van der Waals surface area contributed by atoms with Gasteiger partial charge in [0.25, 0.3) is 0 Å². The molecule has 0 amide bonds. The smallest absolute Gasteiger partial charge is 0.0459 e. The van der Waals surface area contributed by atoms with Crippen LogP contribution >= 0.6 is 0 Å². The first-order chi connectivity index (χ1) is 5.88. The van der Waals surface area contributed by atoms with E-state index >= 15 is 0 Å². The van der Waals surface area contributed by atoms with Crippen molar-refractivity contribution in [1.29, 1.82) is 0 Å². The summed E-state index contributed by atoms with van der Waals surface area (Å²) in [7, 11) is 0. The van der Waals surface area contributed by atoms with Crippen LogP contribution in [0.3, 0.4) is 0 Å². The summed E-state index contributed by atoms with van der Waals surface area (Å²) in [6, 6.07) is 0. The highest BCUT2D eigenvalue weighted by Gasteiger charge is 2.51. The minimum absolute atomic E-state index is 0.451. The zero-order chi connectivity index (χ0) is 8.13. The average molecular weight is 166 g/mol. The van der Waals surface area contributed by atoms with Gasteiger partial charge in [-0.15, -0.1) is 0 Å². The molecule has 3 saturated carbocycles. The number of aliphatic hydroxyl groups excluding tert-OH is 1. The van der Waals surface area contributed by atoms with Crippen LogP contribution in [0, 0.1) is 29.6 Å². The number of rotatable bonds is 1. The molecule has 1 heteroatoms. The second-order valence-corrected chi connectivity index (χ2v) is 5.18. The van der Waals surface area contributed by atoms with E-state index in [1.165, 1.54) is 32.1 Å². The lowest BCUT2D eigenvalue weighted by Crippen LogP contribution is -2.15. The molecule has 0 radical (unpaired) electrons. The van der Waals surface area contributed by atoms with E-state index in [-0.39, 0.29) is 0 Å². The van der Waals surface area contributed by atoms with Crippen molar-refractivity contribution in [3.05, 3.63) is 0 Å². The Labute approximate surface area is 74.2 Å². The highest BCUT2D eigenvalue weighted by atomic mass is 16.3. The van der Waals surface area contributed by atoms with Gasteiger partial charge in [-0.3, -0.25) is 0 Å². The Morgan fingerprint density at radius 1 is 0.917 bits per heavy atom. The zero-order valence-corrected chi connectivity index (χ0v) is 7.58. The molecule has 0 aliphatic heterocycles. The Balaban J connectivity index is 1.78. The first-order valence-corrected chi connectivity index (χ1v) is 5.49. The molecule has 1 unspecified atom stereocenters. The van der Waals surface area contributed by atoms with E-state index in [1.807, 2.05) is 0 Å². The van der Waals surface area contributed by atoms with Crippen LogP contribution in [0.15, 0.2) is 0 Å². The Hall–Kier alpha value is -0.0400. The number of fused-ring (bicyclic) bond motifs is 5. The number of aliphatic hydroxyl groups is 1. The fourth-order valence-corrected chi connectivity index (χ4v) is 4.28. The second kappa shape index (κ2) is 2.47. The zero-order valence-electron chi connectivity index (χ0n) is 7.58. The fraction of sp³-hybridized carbons (Fsp3) is 1.00. The van der Waals surface area contributed by atoms with E-state index in [2.05, 4.69) is 0 Å². The fourth-order valence-electron chi connectivity index (χ4n) is 4.28. The van der Waals surface area contributed by atoms with Crippen molar-refractivity contribution in [2.45, 2.75) is 32.1 Å². The molecule has 12 heavy (non-hydrogen) atoms. The molecule has 3 aliphatic carbocycles. The first-order valence-electron chi connectivity index (χ1n) is 5.49. The lowest BCUT2D eigenvalue weighted by atomic mass is 9.82. The van der Waals surface area contributed by atoms with Gasteiger partial charge < -0.3 is 5.11 Å². The Morgan fingerprint density at radius 2 is 1.50 bits per heavy atom. The quantitative estimate of drug-likeness (QED) is 0.632. The maximum Gasteiger partial charge on any atom is 0.0459 e. The van der Waals surface area contributed by atoms with Crippen molar-refractivity contribution in [1.82, 2.24) is 0 Å². The molecule has 1 N–H and O–H groups in total. The van der Waals surface area contributed by atoms with Crippen molar-refractivity contribution in [3.63, 3.8) is 0 Å². The van der Waals surface area contributed by atoms with Crippen LogP contribution in [-0.2, 0) is 0 Å². The average Bonchev–Trinajstić information content (AvgIpc) is 2.75. The first kappa shape index (κ1) is 7.37. The highest BCUT2D eigenvalue weighted by molar-refractivity contribution is 5.01. The monoisotopic (exact) mass is 166 g/mol. The lowest BCUT2D eigenvalue weighted by molar-refractivity contribution is 0.218. The topological polar surface area (TPSA) is 20.2 Å². The number of hydrogen-bond donors (Lipinski definition) is 1. The summed E-state index contributed by atoms with van der Waals surface area (Å²) in [6.45, 7) is 0.451. The molecule has 0 spiro atoms. The molecule has 1 nitrogen and oxygen atoms in total. The third-order valence-corrected chi connectivity index (χ3v) is 4.74. The van der Waals surface area contributed by atoms with Crippen molar-refractivity contribution in [2.24, 2.45) is 29.6 Å². The van der Waals surface area contributed by atoms with Gasteiger partial charge >= 0.3 is 0 Å². The van der Waals surface area contributed by atoms with Gasteiger partial charge in [-0.25, -0.2) is 0 Å². The molecule has 0 aromatic carbocycles. The van der Waals surface area contributed by atoms with E-state index in [1.54, 1.807) is 0 Å². The Kier molecular flexibility index (Phi) is 1.52. The van der Waals surface area contributed by atoms with E-state index in [0.717, 1.165) is 23.7 Å². The van der Waals surface area contributed by atoms with E-state index in [9.17, 15) is 0 Å². The van der Waals surface area contributed by atoms with Gasteiger partial charge in [-0.2, -0.15) is 0 Å². The molecule has 68 valence electrons. The highest BCUT2D eigenvalue weighted by Crippen LogP contribution is 2.59. The third kappa shape index (κ3) is 0.834. The molecular formula is C11H18O. The SMILES string of the molecule is OCC1C[C@H]2[C@@H]3CC[C@@H](C3)[C@@H]2C1. The van der Waals surface area contributed by atoms with Crippen LogP contribution in [0.2, 0.25) is 0 Å². The van der Waals surface area contributed by atoms with Crippen molar-refractivity contribution < 1.29 is 5.11 Å². The summed E-state index contributed by atoms with van der Waals surface area (Å²) in [4.78, 5) is 0. The van der Waals surface area contributed by atoms with E-state index in [0.29, 0.717) is 12.5 Å². The maximum absolute atomic E-state index is 9.11. The van der Waals surface area contributed by atoms with Gasteiger partial charge in [0.2, 0.25) is 0 Å². The lowest BCUT2D eigenvalue weighted by Gasteiger charge is -2.23. The van der Waals surface area contributed by atoms with Gasteiger partial charge in [0.15, 0.2) is 0 Å². The van der Waals surface area contributed by atoms with Gasteiger partial charge in [0, 0.05) is 6.61 Å². The molecule has 3 fully saturated rings. The molecule has 5 atom stereocenters. The van der Waals surface area contributed by atoms with Crippen LogP contribution in [0.25, 0.3) is 0 Å². The summed E-state index contributed by atoms with van der Waals surface area (Å²) in [5, 5.41) is 9.11. The largest absolute Gasteiger partial charge is 0.396 e. The van der Waals surface area contributed by atoms with Crippen molar-refractivity contribution in [3.8, 4) is 0 Å². The Bertz CT molecular complexity index is 171. The number of hydrogen-bond acceptors (Lipinski definition) is 1. The third-order valence-electron chi connectivity index (χ3n) is 4.74. The molecule has 0 aromatic rings. The predicted molar refractivity (Wildman–Crippen MR) is 47.6 cm³/mol. The second-order valence-electron chi connectivity index (χ2n) is 5.18. The van der Waals surface area contributed by atoms with Crippen molar-refractivity contribution >= 4 is 0 Å². The van der Waals surface area contributed by atoms with Crippen LogP contribution in [0.5, 0.6) is 0 Å². The summed E-state index contributed by atoms with van der Waals surface area (Å²) < 4.78 is 0. The Morgan fingerprint density at radius 3 is 2.00 bits per heavy atom. The molecule has 0 saturated heterocycles. The summed E-state index contributed by atoms with van der Waals surface area (Å²) in [5.41, 5.74) is 0. The maximum atomic E-state index is 9.11. The predicted octanol–water partition coefficient (Wildman–Crippen LogP) is 2.05.